The number of benzene rings is 3. The highest BCUT2D eigenvalue weighted by molar-refractivity contribution is 7.92. The molecule has 7 heteroatoms. The second-order valence-electron chi connectivity index (χ2n) is 7.06. The monoisotopic (exact) mass is 456 g/mol. The Morgan fingerprint density at radius 2 is 1.68 bits per heavy atom. The third kappa shape index (κ3) is 4.75. The van der Waals surface area contributed by atoms with Gasteiger partial charge >= 0.3 is 0 Å². The van der Waals surface area contributed by atoms with Crippen molar-refractivity contribution < 1.29 is 13.2 Å². The molecule has 3 aromatic rings. The first-order chi connectivity index (χ1) is 14.8. The highest BCUT2D eigenvalue weighted by Gasteiger charge is 2.23. The van der Waals surface area contributed by atoms with Crippen LogP contribution in [-0.2, 0) is 22.9 Å². The molecule has 0 aliphatic carbocycles. The van der Waals surface area contributed by atoms with Crippen LogP contribution in [-0.4, -0.2) is 21.4 Å². The lowest BCUT2D eigenvalue weighted by molar-refractivity contribution is 0.102. The molecule has 0 saturated carbocycles. The third-order valence-electron chi connectivity index (χ3n) is 5.19. The standard InChI is InChI=1S/C24H25ClN2O3S/c1-4-17-14-15-22(25)21(5-2)23(17)26-24(28)18-10-9-13-20(16-18)31(29,30)27(3)19-11-7-6-8-12-19/h6-16H,4-5H2,1-3H3,(H,26,28). The highest BCUT2D eigenvalue weighted by Crippen LogP contribution is 2.30. The quantitative estimate of drug-likeness (QED) is 0.507. The number of aryl methyl sites for hydroxylation is 1. The summed E-state index contributed by atoms with van der Waals surface area (Å²) in [5.41, 5.74) is 3.32. The molecule has 31 heavy (non-hydrogen) atoms. The molecule has 0 atom stereocenters. The molecular weight excluding hydrogens is 432 g/mol. The maximum absolute atomic E-state index is 13.1. The summed E-state index contributed by atoms with van der Waals surface area (Å²) in [5, 5.41) is 3.54. The van der Waals surface area contributed by atoms with Gasteiger partial charge in [0.2, 0.25) is 0 Å². The smallest absolute Gasteiger partial charge is 0.264 e. The molecule has 162 valence electrons. The molecule has 0 aromatic heterocycles. The van der Waals surface area contributed by atoms with Crippen molar-refractivity contribution in [2.45, 2.75) is 31.6 Å². The summed E-state index contributed by atoms with van der Waals surface area (Å²) in [6, 6.07) is 18.6. The molecule has 0 unspecified atom stereocenters. The van der Waals surface area contributed by atoms with Gasteiger partial charge in [-0.25, -0.2) is 8.42 Å². The Morgan fingerprint density at radius 1 is 0.968 bits per heavy atom. The van der Waals surface area contributed by atoms with E-state index in [1.54, 1.807) is 36.4 Å². The average molecular weight is 457 g/mol. The van der Waals surface area contributed by atoms with Crippen LogP contribution >= 0.6 is 11.6 Å². The maximum Gasteiger partial charge on any atom is 0.264 e. The normalized spacial score (nSPS) is 11.2. The number of hydrogen-bond donors (Lipinski definition) is 1. The molecule has 3 aromatic carbocycles. The number of nitrogens with one attached hydrogen (secondary N) is 1. The predicted octanol–water partition coefficient (Wildman–Crippen LogP) is 5.54. The van der Waals surface area contributed by atoms with Gasteiger partial charge in [-0.1, -0.05) is 55.8 Å². The second kappa shape index (κ2) is 9.54. The SMILES string of the molecule is CCc1ccc(Cl)c(CC)c1NC(=O)c1cccc(S(=O)(=O)N(C)c2ccccc2)c1. The van der Waals surface area contributed by atoms with E-state index in [9.17, 15) is 13.2 Å². The number of nitrogens with zero attached hydrogens (tertiary/aromatic N) is 1. The average Bonchev–Trinajstić information content (AvgIpc) is 2.79. The van der Waals surface area contributed by atoms with E-state index in [2.05, 4.69) is 5.32 Å². The second-order valence-corrected chi connectivity index (χ2v) is 9.43. The Balaban J connectivity index is 1.94. The number of halogens is 1. The Kier molecular flexibility index (Phi) is 7.03. The fourth-order valence-corrected chi connectivity index (χ4v) is 4.92. The number of carbonyl (C=O) groups is 1. The minimum absolute atomic E-state index is 0.0454. The van der Waals surface area contributed by atoms with E-state index < -0.39 is 10.0 Å². The van der Waals surface area contributed by atoms with E-state index in [0.29, 0.717) is 22.8 Å². The van der Waals surface area contributed by atoms with E-state index in [-0.39, 0.29) is 16.4 Å². The number of amides is 1. The first kappa shape index (κ1) is 22.8. The van der Waals surface area contributed by atoms with Crippen molar-refractivity contribution >= 4 is 38.9 Å². The van der Waals surface area contributed by atoms with Crippen LogP contribution in [0.4, 0.5) is 11.4 Å². The topological polar surface area (TPSA) is 66.5 Å². The molecule has 3 rings (SSSR count). The molecule has 0 bridgehead atoms. The lowest BCUT2D eigenvalue weighted by atomic mass is 10.0. The molecule has 1 amide bonds. The van der Waals surface area contributed by atoms with Crippen LogP contribution < -0.4 is 9.62 Å². The van der Waals surface area contributed by atoms with Crippen molar-refractivity contribution in [2.75, 3.05) is 16.7 Å². The molecule has 0 radical (unpaired) electrons. The van der Waals surface area contributed by atoms with E-state index in [4.69, 9.17) is 11.6 Å². The highest BCUT2D eigenvalue weighted by atomic mass is 35.5. The van der Waals surface area contributed by atoms with Crippen molar-refractivity contribution in [3.05, 3.63) is 88.4 Å². The van der Waals surface area contributed by atoms with Gasteiger partial charge in [0, 0.05) is 23.3 Å². The van der Waals surface area contributed by atoms with Crippen LogP contribution in [0.1, 0.15) is 35.3 Å². The van der Waals surface area contributed by atoms with E-state index in [1.807, 2.05) is 32.0 Å². The summed E-state index contributed by atoms with van der Waals surface area (Å²) in [4.78, 5) is 13.1. The van der Waals surface area contributed by atoms with Gasteiger partial charge in [-0.2, -0.15) is 0 Å². The molecule has 0 saturated heterocycles. The molecule has 0 spiro atoms. The number of hydrogen-bond acceptors (Lipinski definition) is 3. The minimum atomic E-state index is -3.82. The number of rotatable bonds is 7. The summed E-state index contributed by atoms with van der Waals surface area (Å²) in [7, 11) is -2.33. The molecule has 0 heterocycles. The minimum Gasteiger partial charge on any atom is -0.321 e. The summed E-state index contributed by atoms with van der Waals surface area (Å²) < 4.78 is 27.4. The molecule has 0 aliphatic heterocycles. The lowest BCUT2D eigenvalue weighted by Crippen LogP contribution is -2.26. The van der Waals surface area contributed by atoms with Crippen molar-refractivity contribution in [1.29, 1.82) is 0 Å². The van der Waals surface area contributed by atoms with Gasteiger partial charge in [-0.3, -0.25) is 9.10 Å². The first-order valence-corrected chi connectivity index (χ1v) is 11.9. The zero-order chi connectivity index (χ0) is 22.6. The fourth-order valence-electron chi connectivity index (χ4n) is 3.39. The van der Waals surface area contributed by atoms with Crippen LogP contribution in [0.3, 0.4) is 0 Å². The third-order valence-corrected chi connectivity index (χ3v) is 7.33. The van der Waals surface area contributed by atoms with Gasteiger partial charge in [-0.15, -0.1) is 0 Å². The van der Waals surface area contributed by atoms with Crippen LogP contribution in [0.5, 0.6) is 0 Å². The molecule has 5 nitrogen and oxygen atoms in total. The maximum atomic E-state index is 13.1. The Morgan fingerprint density at radius 3 is 2.32 bits per heavy atom. The van der Waals surface area contributed by atoms with Crippen molar-refractivity contribution in [3.63, 3.8) is 0 Å². The van der Waals surface area contributed by atoms with Gasteiger partial charge in [0.15, 0.2) is 0 Å². The van der Waals surface area contributed by atoms with Gasteiger partial charge < -0.3 is 5.32 Å². The summed E-state index contributed by atoms with van der Waals surface area (Å²) in [6.07, 6.45) is 1.40. The van der Waals surface area contributed by atoms with Gasteiger partial charge in [0.25, 0.3) is 15.9 Å². The van der Waals surface area contributed by atoms with Crippen molar-refractivity contribution in [2.24, 2.45) is 0 Å². The fraction of sp³-hybridized carbons (Fsp3) is 0.208. The zero-order valence-corrected chi connectivity index (χ0v) is 19.3. The molecule has 0 aliphatic rings. The number of carbonyl (C=O) groups excluding carboxylic acids is 1. The molecule has 0 fully saturated rings. The number of para-hydroxylation sites is 1. The summed E-state index contributed by atoms with van der Waals surface area (Å²) in [6.45, 7) is 3.98. The van der Waals surface area contributed by atoms with Gasteiger partial charge in [-0.05, 0) is 60.4 Å². The van der Waals surface area contributed by atoms with Gasteiger partial charge in [0.05, 0.1) is 10.6 Å². The Labute approximate surface area is 188 Å². The largest absolute Gasteiger partial charge is 0.321 e. The van der Waals surface area contributed by atoms with Gasteiger partial charge in [0.1, 0.15) is 0 Å². The summed E-state index contributed by atoms with van der Waals surface area (Å²) >= 11 is 6.33. The van der Waals surface area contributed by atoms with Crippen molar-refractivity contribution in [3.8, 4) is 0 Å². The van der Waals surface area contributed by atoms with E-state index in [1.165, 1.54) is 23.5 Å². The van der Waals surface area contributed by atoms with Crippen LogP contribution in [0, 0.1) is 0 Å². The first-order valence-electron chi connectivity index (χ1n) is 10.0. The Hall–Kier alpha value is -2.83. The summed E-state index contributed by atoms with van der Waals surface area (Å²) in [5.74, 6) is -0.383. The van der Waals surface area contributed by atoms with Crippen LogP contribution in [0.2, 0.25) is 5.02 Å². The zero-order valence-electron chi connectivity index (χ0n) is 17.7. The lowest BCUT2D eigenvalue weighted by Gasteiger charge is -2.20. The van der Waals surface area contributed by atoms with Crippen molar-refractivity contribution in [1.82, 2.24) is 0 Å². The van der Waals surface area contributed by atoms with Crippen LogP contribution in [0.15, 0.2) is 71.6 Å². The van der Waals surface area contributed by atoms with E-state index >= 15 is 0 Å². The van der Waals surface area contributed by atoms with Crippen LogP contribution in [0.25, 0.3) is 0 Å². The molecular formula is C24H25ClN2O3S. The number of anilines is 2. The van der Waals surface area contributed by atoms with E-state index in [0.717, 1.165) is 17.5 Å². The number of sulfonamides is 1. The predicted molar refractivity (Wildman–Crippen MR) is 127 cm³/mol. The molecule has 1 N–H and O–H groups in total. The Bertz CT molecular complexity index is 1190.